The molecule has 1 rings (SSSR count). The Kier molecular flexibility index (Phi) is 2.89. The molecule has 0 aliphatic heterocycles. The van der Waals surface area contributed by atoms with Crippen molar-refractivity contribution in [3.05, 3.63) is 15.4 Å². The summed E-state index contributed by atoms with van der Waals surface area (Å²) in [6, 6.07) is 0. The quantitative estimate of drug-likeness (QED) is 0.652. The van der Waals surface area contributed by atoms with Crippen molar-refractivity contribution >= 4 is 30.4 Å². The van der Waals surface area contributed by atoms with Gasteiger partial charge in [-0.15, -0.1) is 0 Å². The van der Waals surface area contributed by atoms with Crippen molar-refractivity contribution in [1.29, 1.82) is 0 Å². The average molecular weight is 217 g/mol. The molecule has 0 aliphatic rings. The molecule has 0 amide bonds. The summed E-state index contributed by atoms with van der Waals surface area (Å²) in [6.45, 7) is 1.50. The van der Waals surface area contributed by atoms with E-state index in [1.165, 1.54) is 6.92 Å². The van der Waals surface area contributed by atoms with Crippen LogP contribution in [0.4, 0.5) is 0 Å². The van der Waals surface area contributed by atoms with Crippen molar-refractivity contribution in [2.45, 2.75) is 12.8 Å². The van der Waals surface area contributed by atoms with E-state index in [9.17, 15) is 4.79 Å². The van der Waals surface area contributed by atoms with Crippen molar-refractivity contribution in [2.75, 3.05) is 0 Å². The first kappa shape index (κ1) is 10.0. The molecule has 1 heterocycles. The number of aliphatic carboxylic acids is 1. The van der Waals surface area contributed by atoms with E-state index in [-0.39, 0.29) is 15.4 Å². The van der Waals surface area contributed by atoms with Crippen LogP contribution < -0.4 is 0 Å². The lowest BCUT2D eigenvalue weighted by Gasteiger charge is -2.03. The maximum Gasteiger partial charge on any atom is 0.313 e. The lowest BCUT2D eigenvalue weighted by Crippen LogP contribution is -2.12. The second-order valence-electron chi connectivity index (χ2n) is 2.44. The standard InChI is InChI=1S/C6H7N3O2S2/c1-2(4(10)11)3-7-5(12)9-6(13)8-3/h2H,1H3,(H,10,11)(H2,7,8,9,12,13). The van der Waals surface area contributed by atoms with Crippen LogP contribution in [-0.4, -0.2) is 26.0 Å². The van der Waals surface area contributed by atoms with Crippen molar-refractivity contribution in [3.63, 3.8) is 0 Å². The third-order valence-electron chi connectivity index (χ3n) is 1.46. The van der Waals surface area contributed by atoms with Gasteiger partial charge in [-0.2, -0.15) is 0 Å². The number of nitrogens with one attached hydrogen (secondary N) is 2. The molecule has 0 saturated carbocycles. The third kappa shape index (κ3) is 2.43. The molecule has 70 valence electrons. The summed E-state index contributed by atoms with van der Waals surface area (Å²) < 4.78 is 0.468. The number of hydrogen-bond donors (Lipinski definition) is 3. The van der Waals surface area contributed by atoms with Crippen LogP contribution in [0, 0.1) is 9.54 Å². The number of carboxylic acids is 1. The maximum atomic E-state index is 10.6. The molecule has 0 radical (unpaired) electrons. The molecular weight excluding hydrogens is 210 g/mol. The maximum absolute atomic E-state index is 10.6. The van der Waals surface area contributed by atoms with Gasteiger partial charge >= 0.3 is 5.97 Å². The fourth-order valence-electron chi connectivity index (χ4n) is 0.732. The predicted octanol–water partition coefficient (Wildman–Crippen LogP) is 1.38. The lowest BCUT2D eigenvalue weighted by molar-refractivity contribution is -0.138. The second-order valence-corrected chi connectivity index (χ2v) is 3.24. The zero-order valence-electron chi connectivity index (χ0n) is 6.70. The molecule has 0 bridgehead atoms. The highest BCUT2D eigenvalue weighted by molar-refractivity contribution is 7.71. The summed E-state index contributed by atoms with van der Waals surface area (Å²) in [6.07, 6.45) is 0. The zero-order chi connectivity index (χ0) is 10.0. The number of rotatable bonds is 2. The average Bonchev–Trinajstić information content (AvgIpc) is 2.01. The number of aromatic amines is 2. The number of hydrogen-bond acceptors (Lipinski definition) is 4. The number of carboxylic acid groups (broad SMARTS) is 1. The summed E-state index contributed by atoms with van der Waals surface area (Å²) in [5.41, 5.74) is 0. The summed E-state index contributed by atoms with van der Waals surface area (Å²) in [7, 11) is 0. The summed E-state index contributed by atoms with van der Waals surface area (Å²) in [4.78, 5) is 19.6. The Morgan fingerprint density at radius 1 is 1.54 bits per heavy atom. The molecule has 13 heavy (non-hydrogen) atoms. The molecular formula is C6H7N3O2S2. The van der Waals surface area contributed by atoms with Gasteiger partial charge in [0.05, 0.1) is 0 Å². The fraction of sp³-hybridized carbons (Fsp3) is 0.333. The highest BCUT2D eigenvalue weighted by Gasteiger charge is 2.15. The Hall–Kier alpha value is -1.08. The van der Waals surface area contributed by atoms with Crippen LogP contribution in [0.25, 0.3) is 0 Å². The van der Waals surface area contributed by atoms with E-state index < -0.39 is 11.9 Å². The first-order valence-corrected chi connectivity index (χ1v) is 4.25. The van der Waals surface area contributed by atoms with Crippen molar-refractivity contribution in [3.8, 4) is 0 Å². The molecule has 1 aromatic rings. The van der Waals surface area contributed by atoms with E-state index in [1.54, 1.807) is 0 Å². The molecule has 5 nitrogen and oxygen atoms in total. The van der Waals surface area contributed by atoms with Crippen LogP contribution in [0.5, 0.6) is 0 Å². The van der Waals surface area contributed by atoms with Crippen molar-refractivity contribution < 1.29 is 9.90 Å². The summed E-state index contributed by atoms with van der Waals surface area (Å²) >= 11 is 9.53. The van der Waals surface area contributed by atoms with Gasteiger partial charge in [0.2, 0.25) is 4.77 Å². The van der Waals surface area contributed by atoms with Crippen LogP contribution in [0.1, 0.15) is 18.7 Å². The van der Waals surface area contributed by atoms with Gasteiger partial charge in [-0.3, -0.25) is 4.79 Å². The number of nitrogens with zero attached hydrogens (tertiary/aromatic N) is 1. The second kappa shape index (κ2) is 3.75. The summed E-state index contributed by atoms with van der Waals surface area (Å²) in [5.74, 6) is -1.45. The van der Waals surface area contributed by atoms with Crippen LogP contribution in [0.15, 0.2) is 0 Å². The number of aromatic nitrogens is 3. The van der Waals surface area contributed by atoms with Gasteiger partial charge in [0, 0.05) is 0 Å². The smallest absolute Gasteiger partial charge is 0.313 e. The minimum atomic E-state index is -0.973. The fourth-order valence-corrected chi connectivity index (χ4v) is 1.20. The minimum Gasteiger partial charge on any atom is -0.481 e. The van der Waals surface area contributed by atoms with E-state index in [0.717, 1.165) is 0 Å². The molecule has 0 fully saturated rings. The first-order chi connectivity index (χ1) is 6.00. The van der Waals surface area contributed by atoms with Crippen molar-refractivity contribution in [2.24, 2.45) is 0 Å². The van der Waals surface area contributed by atoms with E-state index in [1.807, 2.05) is 0 Å². The summed E-state index contributed by atoms with van der Waals surface area (Å²) in [5, 5.41) is 8.68. The van der Waals surface area contributed by atoms with Crippen LogP contribution in [0.2, 0.25) is 0 Å². The van der Waals surface area contributed by atoms with Crippen LogP contribution in [-0.2, 0) is 4.79 Å². The van der Waals surface area contributed by atoms with Gasteiger partial charge in [-0.25, -0.2) is 4.98 Å². The Labute approximate surface area is 83.9 Å². The molecule has 0 aliphatic carbocycles. The topological polar surface area (TPSA) is 81.8 Å². The van der Waals surface area contributed by atoms with E-state index >= 15 is 0 Å². The van der Waals surface area contributed by atoms with Gasteiger partial charge in [0.1, 0.15) is 11.7 Å². The normalized spacial score (nSPS) is 12.4. The van der Waals surface area contributed by atoms with Gasteiger partial charge in [0.25, 0.3) is 0 Å². The van der Waals surface area contributed by atoms with Crippen molar-refractivity contribution in [1.82, 2.24) is 15.0 Å². The molecule has 7 heteroatoms. The molecule has 1 atom stereocenters. The highest BCUT2D eigenvalue weighted by Crippen LogP contribution is 2.08. The largest absolute Gasteiger partial charge is 0.481 e. The van der Waals surface area contributed by atoms with E-state index in [0.29, 0.717) is 0 Å². The lowest BCUT2D eigenvalue weighted by atomic mass is 10.2. The van der Waals surface area contributed by atoms with Gasteiger partial charge in [-0.1, -0.05) is 0 Å². The zero-order valence-corrected chi connectivity index (χ0v) is 8.33. The van der Waals surface area contributed by atoms with E-state index in [2.05, 4.69) is 15.0 Å². The molecule has 3 N–H and O–H groups in total. The van der Waals surface area contributed by atoms with E-state index in [4.69, 9.17) is 29.5 Å². The number of H-pyrrole nitrogens is 2. The van der Waals surface area contributed by atoms with Crippen LogP contribution >= 0.6 is 24.4 Å². The monoisotopic (exact) mass is 217 g/mol. The molecule has 0 spiro atoms. The minimum absolute atomic E-state index is 0.187. The Morgan fingerprint density at radius 3 is 2.62 bits per heavy atom. The molecule has 1 aromatic heterocycles. The van der Waals surface area contributed by atoms with Gasteiger partial charge in [-0.05, 0) is 31.4 Å². The highest BCUT2D eigenvalue weighted by atomic mass is 32.1. The Morgan fingerprint density at radius 2 is 2.15 bits per heavy atom. The Balaban J connectivity index is 3.23. The first-order valence-electron chi connectivity index (χ1n) is 3.44. The molecule has 1 unspecified atom stereocenters. The SMILES string of the molecule is CC(C(=O)O)c1nc(=S)[nH]c(=S)[nH]1. The van der Waals surface area contributed by atoms with Gasteiger partial charge < -0.3 is 15.1 Å². The number of carbonyl (C=O) groups is 1. The molecule has 0 aromatic carbocycles. The molecule has 0 saturated heterocycles. The van der Waals surface area contributed by atoms with Gasteiger partial charge in [0.15, 0.2) is 4.77 Å². The Bertz CT molecular complexity index is 408. The third-order valence-corrected chi connectivity index (χ3v) is 1.86. The predicted molar refractivity (Wildman–Crippen MR) is 50.7 cm³/mol. The van der Waals surface area contributed by atoms with Crippen LogP contribution in [0.3, 0.4) is 0 Å².